The summed E-state index contributed by atoms with van der Waals surface area (Å²) in [7, 11) is 0. The van der Waals surface area contributed by atoms with Crippen molar-refractivity contribution in [1.29, 1.82) is 0 Å². The van der Waals surface area contributed by atoms with E-state index in [1.165, 1.54) is 30.3 Å². The molecule has 1 unspecified atom stereocenters. The first-order chi connectivity index (χ1) is 8.97. The molecule has 0 fully saturated rings. The van der Waals surface area contributed by atoms with Crippen molar-refractivity contribution >= 4 is 9.40 Å². The van der Waals surface area contributed by atoms with Crippen molar-refractivity contribution in [2.75, 3.05) is 0 Å². The summed E-state index contributed by atoms with van der Waals surface area (Å²) in [5.41, 5.74) is 1.11. The second kappa shape index (κ2) is 4.17. The molecule has 1 aliphatic carbocycles. The third kappa shape index (κ3) is 2.02. The van der Waals surface area contributed by atoms with E-state index in [1.807, 2.05) is 0 Å². The second-order valence-corrected chi connectivity index (χ2v) is 16.1. The summed E-state index contributed by atoms with van der Waals surface area (Å²) < 4.78 is 42.4. The summed E-state index contributed by atoms with van der Waals surface area (Å²) in [4.78, 5) is 0. The van der Waals surface area contributed by atoms with Crippen LogP contribution in [0.2, 0.25) is 0 Å². The number of allylic oxidation sites excluding steroid dienone is 1. The Morgan fingerprint density at radius 2 is 1.42 bits per heavy atom. The normalized spacial score (nSPS) is 19.7. The second-order valence-electron chi connectivity index (χ2n) is 4.80. The molecule has 97 valence electrons. The molecule has 2 aromatic rings. The number of hydrogen-bond donors (Lipinski definition) is 0. The quantitative estimate of drug-likeness (QED) is 0.622. The van der Waals surface area contributed by atoms with Gasteiger partial charge in [0.25, 0.3) is 0 Å². The van der Waals surface area contributed by atoms with Gasteiger partial charge < -0.3 is 0 Å². The molecule has 2 aromatic carbocycles. The molecule has 0 aromatic heterocycles. The molecule has 0 spiro atoms. The van der Waals surface area contributed by atoms with Crippen molar-refractivity contribution in [3.8, 4) is 0 Å². The van der Waals surface area contributed by atoms with E-state index < -0.39 is 27.3 Å². The predicted octanol–water partition coefficient (Wildman–Crippen LogP) is 4.42. The molecule has 0 amide bonds. The van der Waals surface area contributed by atoms with Crippen LogP contribution in [-0.4, -0.2) is 0 Å². The molecule has 0 saturated carbocycles. The van der Waals surface area contributed by atoms with E-state index in [0.29, 0.717) is 11.1 Å². The standard InChI is InChI=1S/C9H7.C6H5.3FH.Hf/c1-2-5-9-7-3-6-8(9)4-1;1-2-4-6-5-3-1;;;;/h1-7H;1-5H;3*1H;/q;;;;;+3/p-3. The Bertz CT molecular complexity index is 641. The first-order valence-corrected chi connectivity index (χ1v) is 14.0. The fourth-order valence-corrected chi connectivity index (χ4v) is 10.8. The molecule has 0 N–H and O–H groups in total. The van der Waals surface area contributed by atoms with Gasteiger partial charge >= 0.3 is 113 Å². The molecule has 0 bridgehead atoms. The van der Waals surface area contributed by atoms with Crippen LogP contribution in [0.5, 0.6) is 0 Å². The van der Waals surface area contributed by atoms with E-state index in [4.69, 9.17) is 0 Å². The van der Waals surface area contributed by atoms with Crippen molar-refractivity contribution in [3.05, 3.63) is 71.8 Å². The third-order valence-electron chi connectivity index (χ3n) is 3.58. The first kappa shape index (κ1) is 12.9. The van der Waals surface area contributed by atoms with Crippen molar-refractivity contribution < 1.29 is 28.3 Å². The molecule has 1 aliphatic rings. The fourth-order valence-electron chi connectivity index (χ4n) is 2.56. The maximum atomic E-state index is 14.7. The van der Waals surface area contributed by atoms with Gasteiger partial charge in [-0.05, 0) is 0 Å². The Balaban J connectivity index is 2.15. The molecular formula is C15H12F3Hf. The number of fused-ring (bicyclic) bond motifs is 1. The summed E-state index contributed by atoms with van der Waals surface area (Å²) in [5.74, 6) is 0. The van der Waals surface area contributed by atoms with Gasteiger partial charge in [0, 0.05) is 0 Å². The van der Waals surface area contributed by atoms with Crippen LogP contribution in [0.1, 0.15) is 14.8 Å². The number of rotatable bonds is 2. The Morgan fingerprint density at radius 3 is 2.16 bits per heavy atom. The summed E-state index contributed by atoms with van der Waals surface area (Å²) in [6, 6.07) is 13.8. The van der Waals surface area contributed by atoms with Gasteiger partial charge in [-0.25, -0.2) is 0 Å². The van der Waals surface area contributed by atoms with Gasteiger partial charge in [-0.15, -0.1) is 0 Å². The average Bonchev–Trinajstić information content (AvgIpc) is 2.84. The molecule has 0 saturated heterocycles. The minimum absolute atomic E-state index is 0.397. The van der Waals surface area contributed by atoms with Crippen LogP contribution in [0.25, 0.3) is 6.08 Å². The molecule has 4 heteroatoms. The van der Waals surface area contributed by atoms with E-state index in [-0.39, 0.29) is 0 Å². The Labute approximate surface area is 113 Å². The van der Waals surface area contributed by atoms with Crippen molar-refractivity contribution in [2.45, 2.75) is 3.67 Å². The van der Waals surface area contributed by atoms with Crippen LogP contribution in [-0.2, 0) is 20.3 Å². The Hall–Kier alpha value is -1.16. The van der Waals surface area contributed by atoms with Gasteiger partial charge in [0.1, 0.15) is 0 Å². The first-order valence-electron chi connectivity index (χ1n) is 6.09. The SMILES string of the molecule is [F][Hf]([F])([F])([c]1ccccc1)[CH]1C=Cc2ccccc21. The van der Waals surface area contributed by atoms with Gasteiger partial charge in [-0.3, -0.25) is 0 Å². The van der Waals surface area contributed by atoms with Gasteiger partial charge in [-0.2, -0.15) is 0 Å². The van der Waals surface area contributed by atoms with Crippen LogP contribution >= 0.6 is 0 Å². The topological polar surface area (TPSA) is 0 Å². The van der Waals surface area contributed by atoms with Gasteiger partial charge in [0.15, 0.2) is 0 Å². The monoisotopic (exact) mass is 429 g/mol. The summed E-state index contributed by atoms with van der Waals surface area (Å²) >= 11 is -7.59. The van der Waals surface area contributed by atoms with Gasteiger partial charge in [0.2, 0.25) is 0 Å². The number of benzene rings is 2. The molecule has 0 aliphatic heterocycles. The van der Waals surface area contributed by atoms with Crippen LogP contribution in [0.15, 0.2) is 60.7 Å². The predicted molar refractivity (Wildman–Crippen MR) is 67.6 cm³/mol. The minimum atomic E-state index is -7.59. The molecule has 3 rings (SSSR count). The number of halogens is 3. The summed E-state index contributed by atoms with van der Waals surface area (Å²) in [5, 5.41) is 0. The van der Waals surface area contributed by atoms with Crippen molar-refractivity contribution in [1.82, 2.24) is 0 Å². The van der Waals surface area contributed by atoms with Crippen LogP contribution < -0.4 is 3.32 Å². The molecule has 0 nitrogen and oxygen atoms in total. The molecular weight excluding hydrogens is 416 g/mol. The van der Waals surface area contributed by atoms with E-state index in [9.17, 15) is 7.99 Å². The molecule has 0 radical (unpaired) electrons. The number of hydrogen-bond acceptors (Lipinski definition) is 0. The summed E-state index contributed by atoms with van der Waals surface area (Å²) in [6.07, 6.45) is 2.92. The summed E-state index contributed by atoms with van der Waals surface area (Å²) in [6.45, 7) is 0. The zero-order valence-corrected chi connectivity index (χ0v) is 13.7. The Morgan fingerprint density at radius 1 is 0.789 bits per heavy atom. The average molecular weight is 428 g/mol. The Kier molecular flexibility index (Phi) is 2.82. The van der Waals surface area contributed by atoms with Crippen molar-refractivity contribution in [3.63, 3.8) is 0 Å². The van der Waals surface area contributed by atoms with E-state index in [2.05, 4.69) is 0 Å². The van der Waals surface area contributed by atoms with E-state index in [0.717, 1.165) is 0 Å². The third-order valence-corrected chi connectivity index (χ3v) is 13.8. The molecule has 0 heterocycles. The molecule has 19 heavy (non-hydrogen) atoms. The van der Waals surface area contributed by atoms with Crippen LogP contribution in [0.4, 0.5) is 7.99 Å². The van der Waals surface area contributed by atoms with E-state index >= 15 is 0 Å². The van der Waals surface area contributed by atoms with Crippen LogP contribution in [0.3, 0.4) is 0 Å². The fraction of sp³-hybridized carbons (Fsp3) is 0.0667. The van der Waals surface area contributed by atoms with E-state index in [1.54, 1.807) is 36.4 Å². The van der Waals surface area contributed by atoms with Crippen molar-refractivity contribution in [2.24, 2.45) is 0 Å². The molecule has 1 atom stereocenters. The van der Waals surface area contributed by atoms with Gasteiger partial charge in [-0.1, -0.05) is 0 Å². The zero-order valence-electron chi connectivity index (χ0n) is 10.1. The van der Waals surface area contributed by atoms with Crippen LogP contribution in [0, 0.1) is 0 Å². The zero-order chi connectivity index (χ0) is 13.5. The van der Waals surface area contributed by atoms with Gasteiger partial charge in [0.05, 0.1) is 0 Å². The maximum absolute atomic E-state index is 14.7.